The van der Waals surface area contributed by atoms with E-state index in [1.807, 2.05) is 37.3 Å². The summed E-state index contributed by atoms with van der Waals surface area (Å²) < 4.78 is 27.1. The van der Waals surface area contributed by atoms with Crippen molar-refractivity contribution in [2.75, 3.05) is 13.1 Å². The smallest absolute Gasteiger partial charge is 0.243 e. The molecule has 0 saturated carbocycles. The Balaban J connectivity index is 1.29. The molecule has 174 valence electrons. The summed E-state index contributed by atoms with van der Waals surface area (Å²) in [6, 6.07) is 16.6. The number of piperidine rings is 1. The predicted octanol–water partition coefficient (Wildman–Crippen LogP) is 4.06. The summed E-state index contributed by atoms with van der Waals surface area (Å²) in [5.74, 6) is 0.625. The molecule has 8 heteroatoms. The lowest BCUT2D eigenvalue weighted by Crippen LogP contribution is -2.35. The maximum absolute atomic E-state index is 12.8. The molecule has 1 aliphatic rings. The van der Waals surface area contributed by atoms with Crippen LogP contribution in [0.1, 0.15) is 50.0 Å². The number of benzene rings is 2. The van der Waals surface area contributed by atoms with Gasteiger partial charge in [-0.1, -0.05) is 48.9 Å². The van der Waals surface area contributed by atoms with Gasteiger partial charge in [-0.05, 0) is 49.4 Å². The van der Waals surface area contributed by atoms with Gasteiger partial charge in [-0.2, -0.15) is 4.31 Å². The van der Waals surface area contributed by atoms with E-state index in [2.05, 4.69) is 15.3 Å². The van der Waals surface area contributed by atoms with E-state index in [0.29, 0.717) is 36.7 Å². The lowest BCUT2D eigenvalue weighted by molar-refractivity contribution is -0.121. The highest BCUT2D eigenvalue weighted by Crippen LogP contribution is 2.22. The number of aromatic amines is 1. The average molecular weight is 467 g/mol. The number of H-pyrrole nitrogens is 1. The summed E-state index contributed by atoms with van der Waals surface area (Å²) in [6.45, 7) is 3.07. The van der Waals surface area contributed by atoms with Gasteiger partial charge in [0.05, 0.1) is 22.8 Å². The Labute approximate surface area is 195 Å². The van der Waals surface area contributed by atoms with Crippen LogP contribution in [0, 0.1) is 0 Å². The number of amides is 1. The minimum atomic E-state index is -3.43. The van der Waals surface area contributed by atoms with Gasteiger partial charge in [0, 0.05) is 19.5 Å². The molecular formula is C25H30N4O3S. The lowest BCUT2D eigenvalue weighted by Gasteiger charge is -2.25. The Hall–Kier alpha value is -2.97. The minimum Gasteiger partial charge on any atom is -0.346 e. The van der Waals surface area contributed by atoms with E-state index < -0.39 is 10.0 Å². The second-order valence-electron chi connectivity index (χ2n) is 8.45. The Morgan fingerprint density at radius 3 is 2.45 bits per heavy atom. The summed E-state index contributed by atoms with van der Waals surface area (Å²) in [4.78, 5) is 20.4. The van der Waals surface area contributed by atoms with E-state index in [1.165, 1.54) is 0 Å². The van der Waals surface area contributed by atoms with Crippen molar-refractivity contribution >= 4 is 15.9 Å². The van der Waals surface area contributed by atoms with Crippen LogP contribution in [0.4, 0.5) is 0 Å². The first-order valence-corrected chi connectivity index (χ1v) is 12.9. The average Bonchev–Trinajstić information content (AvgIpc) is 3.35. The molecule has 1 aromatic heterocycles. The number of hydrogen-bond donors (Lipinski definition) is 2. The van der Waals surface area contributed by atoms with Crippen LogP contribution in [0.25, 0.3) is 11.3 Å². The van der Waals surface area contributed by atoms with E-state index in [9.17, 15) is 13.2 Å². The van der Waals surface area contributed by atoms with E-state index in [-0.39, 0.29) is 11.9 Å². The summed E-state index contributed by atoms with van der Waals surface area (Å²) >= 11 is 0. The summed E-state index contributed by atoms with van der Waals surface area (Å²) in [7, 11) is -3.43. The van der Waals surface area contributed by atoms with E-state index in [1.54, 1.807) is 34.8 Å². The number of rotatable bonds is 8. The SMILES string of the molecule is CC(NC(=O)CCc1ccc(S(=O)(=O)N2CCCCC2)cc1)c1ncc(-c2ccccc2)[nH]1. The normalized spacial score (nSPS) is 15.8. The molecule has 0 aliphatic carbocycles. The van der Waals surface area contributed by atoms with Crippen molar-refractivity contribution in [3.05, 3.63) is 72.2 Å². The quantitative estimate of drug-likeness (QED) is 0.523. The zero-order valence-electron chi connectivity index (χ0n) is 18.8. The first kappa shape index (κ1) is 23.2. The standard InChI is InChI=1S/C25H30N4O3S/c1-19(25-26-18-23(28-25)21-8-4-2-5-9-21)27-24(30)15-12-20-10-13-22(14-11-20)33(31,32)29-16-6-3-7-17-29/h2,4-5,8-11,13-14,18-19H,3,6-7,12,15-17H2,1H3,(H,26,28)(H,27,30). The van der Waals surface area contributed by atoms with Crippen LogP contribution in [-0.2, 0) is 21.2 Å². The topological polar surface area (TPSA) is 95.2 Å². The van der Waals surface area contributed by atoms with Crippen molar-refractivity contribution in [2.24, 2.45) is 0 Å². The molecule has 2 N–H and O–H groups in total. The van der Waals surface area contributed by atoms with E-state index in [4.69, 9.17) is 0 Å². The summed E-state index contributed by atoms with van der Waals surface area (Å²) in [6.07, 6.45) is 5.53. The van der Waals surface area contributed by atoms with Crippen molar-refractivity contribution in [1.82, 2.24) is 19.6 Å². The maximum atomic E-state index is 12.8. The van der Waals surface area contributed by atoms with Gasteiger partial charge in [0.15, 0.2) is 0 Å². The van der Waals surface area contributed by atoms with E-state index >= 15 is 0 Å². The molecule has 1 saturated heterocycles. The number of hydrogen-bond acceptors (Lipinski definition) is 4. The van der Waals surface area contributed by atoms with Crippen LogP contribution in [0.5, 0.6) is 0 Å². The van der Waals surface area contributed by atoms with Crippen LogP contribution in [0.3, 0.4) is 0 Å². The molecule has 33 heavy (non-hydrogen) atoms. The summed E-state index contributed by atoms with van der Waals surface area (Å²) in [5, 5.41) is 2.97. The Bertz CT molecular complexity index is 1170. The molecule has 1 unspecified atom stereocenters. The molecule has 1 atom stereocenters. The third-order valence-electron chi connectivity index (χ3n) is 5.98. The fourth-order valence-electron chi connectivity index (χ4n) is 4.04. The van der Waals surface area contributed by atoms with Gasteiger partial charge in [-0.15, -0.1) is 0 Å². The molecule has 0 spiro atoms. The molecule has 3 aromatic rings. The fraction of sp³-hybridized carbons (Fsp3) is 0.360. The van der Waals surface area contributed by atoms with Crippen molar-refractivity contribution in [2.45, 2.75) is 50.0 Å². The number of nitrogens with one attached hydrogen (secondary N) is 2. The minimum absolute atomic E-state index is 0.0785. The first-order chi connectivity index (χ1) is 15.9. The Morgan fingerprint density at radius 1 is 1.06 bits per heavy atom. The van der Waals surface area contributed by atoms with Crippen molar-refractivity contribution in [3.63, 3.8) is 0 Å². The second kappa shape index (κ2) is 10.3. The number of aryl methyl sites for hydroxylation is 1. The molecule has 1 amide bonds. The molecule has 7 nitrogen and oxygen atoms in total. The number of sulfonamides is 1. The third-order valence-corrected chi connectivity index (χ3v) is 7.90. The lowest BCUT2D eigenvalue weighted by atomic mass is 10.1. The van der Waals surface area contributed by atoms with Crippen LogP contribution in [0.2, 0.25) is 0 Å². The number of nitrogens with zero attached hydrogens (tertiary/aromatic N) is 2. The molecule has 2 aromatic carbocycles. The van der Waals surface area contributed by atoms with Crippen molar-refractivity contribution in [1.29, 1.82) is 0 Å². The molecule has 0 radical (unpaired) electrons. The molecule has 1 aliphatic heterocycles. The highest BCUT2D eigenvalue weighted by molar-refractivity contribution is 7.89. The number of imidazole rings is 1. The highest BCUT2D eigenvalue weighted by Gasteiger charge is 2.25. The Kier molecular flexibility index (Phi) is 7.25. The van der Waals surface area contributed by atoms with Gasteiger partial charge in [-0.25, -0.2) is 13.4 Å². The Morgan fingerprint density at radius 2 is 1.76 bits per heavy atom. The number of carbonyl (C=O) groups excluding carboxylic acids is 1. The number of aromatic nitrogens is 2. The third kappa shape index (κ3) is 5.69. The van der Waals surface area contributed by atoms with Crippen LogP contribution in [0.15, 0.2) is 65.7 Å². The van der Waals surface area contributed by atoms with Crippen molar-refractivity contribution in [3.8, 4) is 11.3 Å². The molecule has 1 fully saturated rings. The van der Waals surface area contributed by atoms with Crippen LogP contribution < -0.4 is 5.32 Å². The van der Waals surface area contributed by atoms with Gasteiger partial charge in [0.2, 0.25) is 15.9 Å². The van der Waals surface area contributed by atoms with Gasteiger partial charge in [-0.3, -0.25) is 4.79 Å². The zero-order valence-corrected chi connectivity index (χ0v) is 19.6. The van der Waals surface area contributed by atoms with Gasteiger partial charge in [0.25, 0.3) is 0 Å². The molecule has 4 rings (SSSR count). The summed E-state index contributed by atoms with van der Waals surface area (Å²) in [5.41, 5.74) is 2.88. The fourth-order valence-corrected chi connectivity index (χ4v) is 5.56. The van der Waals surface area contributed by atoms with Gasteiger partial charge < -0.3 is 10.3 Å². The van der Waals surface area contributed by atoms with E-state index in [0.717, 1.165) is 36.1 Å². The maximum Gasteiger partial charge on any atom is 0.243 e. The largest absolute Gasteiger partial charge is 0.346 e. The monoisotopic (exact) mass is 466 g/mol. The first-order valence-electron chi connectivity index (χ1n) is 11.4. The highest BCUT2D eigenvalue weighted by atomic mass is 32.2. The molecule has 2 heterocycles. The molecular weight excluding hydrogens is 436 g/mol. The second-order valence-corrected chi connectivity index (χ2v) is 10.4. The van der Waals surface area contributed by atoms with Crippen LogP contribution >= 0.6 is 0 Å². The zero-order chi connectivity index (χ0) is 23.3. The molecule has 0 bridgehead atoms. The number of carbonyl (C=O) groups is 1. The van der Waals surface area contributed by atoms with Gasteiger partial charge in [0.1, 0.15) is 5.82 Å². The van der Waals surface area contributed by atoms with Crippen LogP contribution in [-0.4, -0.2) is 41.7 Å². The predicted molar refractivity (Wildman–Crippen MR) is 128 cm³/mol. The van der Waals surface area contributed by atoms with Gasteiger partial charge >= 0.3 is 0 Å². The van der Waals surface area contributed by atoms with Crippen molar-refractivity contribution < 1.29 is 13.2 Å².